The van der Waals surface area contributed by atoms with Crippen LogP contribution in [-0.2, 0) is 27.9 Å². The smallest absolute Gasteiger partial charge is 0.306 e. The van der Waals surface area contributed by atoms with Crippen molar-refractivity contribution in [2.75, 3.05) is 13.7 Å². The largest absolute Gasteiger partial charge is 0.481 e. The fraction of sp³-hybridized carbons (Fsp3) is 0.342. The topological polar surface area (TPSA) is 178 Å². The normalized spacial score (nSPS) is 21.3. The number of hydrazine groups is 1. The second-order valence-corrected chi connectivity index (χ2v) is 13.6. The lowest BCUT2D eigenvalue weighted by Gasteiger charge is -2.32. The molecule has 0 aliphatic carbocycles. The van der Waals surface area contributed by atoms with Crippen LogP contribution in [0.1, 0.15) is 62.8 Å². The minimum atomic E-state index is -0.938. The van der Waals surface area contributed by atoms with E-state index in [1.165, 1.54) is 36.3 Å². The fourth-order valence-corrected chi connectivity index (χ4v) is 6.12. The standard InChI is InChI=1S/C38H45F2N7O4/c1-22(35(48)49)16-23-8-6-9-24(17-23)38(4)13-7-15-50-37(2,3)32(41)21-47(43)20-28-26-12-14-45-31(26)19-30(40)33(28)51-25-10-11-29(39)27(18-25)34(44-5)46-36(38)42/h6,8-12,14,17-19,21-22,45H,7,13,15-16,20,41,43H2,1-5H3,(H,48,49)(H2,42,44,46)/b32-21-. The molecule has 51 heavy (non-hydrogen) atoms. The zero-order valence-electron chi connectivity index (χ0n) is 29.5. The van der Waals surface area contributed by atoms with E-state index < -0.39 is 34.5 Å². The number of aromatic nitrogens is 1. The van der Waals surface area contributed by atoms with Gasteiger partial charge in [-0.05, 0) is 75.4 Å². The number of benzene rings is 3. The average molecular weight is 702 g/mol. The molecule has 0 spiro atoms. The minimum absolute atomic E-state index is 0.000447. The highest BCUT2D eigenvalue weighted by Gasteiger charge is 2.33. The zero-order valence-corrected chi connectivity index (χ0v) is 29.5. The first-order chi connectivity index (χ1) is 24.1. The number of hydrogen-bond donors (Lipinski definition) is 5. The van der Waals surface area contributed by atoms with Crippen molar-refractivity contribution in [2.45, 2.75) is 64.5 Å². The van der Waals surface area contributed by atoms with Crippen molar-refractivity contribution in [2.24, 2.45) is 33.2 Å². The van der Waals surface area contributed by atoms with Gasteiger partial charge < -0.3 is 36.0 Å². The molecule has 0 fully saturated rings. The Morgan fingerprint density at radius 2 is 1.88 bits per heavy atom. The summed E-state index contributed by atoms with van der Waals surface area (Å²) in [5, 5.41) is 11.5. The predicted octanol–water partition coefficient (Wildman–Crippen LogP) is 6.26. The van der Waals surface area contributed by atoms with E-state index in [0.29, 0.717) is 41.4 Å². The molecule has 270 valence electrons. The van der Waals surface area contributed by atoms with Crippen LogP contribution in [0.15, 0.2) is 82.7 Å². The van der Waals surface area contributed by atoms with E-state index in [4.69, 9.17) is 26.8 Å². The van der Waals surface area contributed by atoms with Gasteiger partial charge in [0.2, 0.25) is 0 Å². The van der Waals surface area contributed by atoms with E-state index in [9.17, 15) is 9.90 Å². The molecule has 1 aromatic heterocycles. The number of halogens is 2. The van der Waals surface area contributed by atoms with Gasteiger partial charge in [0, 0.05) is 48.6 Å². The van der Waals surface area contributed by atoms with Crippen LogP contribution in [0.5, 0.6) is 11.5 Å². The van der Waals surface area contributed by atoms with Gasteiger partial charge in [-0.25, -0.2) is 19.6 Å². The molecule has 0 saturated carbocycles. The number of hydrogen-bond acceptors (Lipinski definition) is 8. The molecule has 1 aliphatic rings. The molecule has 0 radical (unpaired) electrons. The van der Waals surface area contributed by atoms with Gasteiger partial charge in [-0.1, -0.05) is 31.2 Å². The number of aliphatic imine (C=N–C) groups is 2. The van der Waals surface area contributed by atoms with Gasteiger partial charge in [0.1, 0.15) is 23.0 Å². The Labute approximate surface area is 295 Å². The Hall–Kier alpha value is -5.27. The van der Waals surface area contributed by atoms with Crippen LogP contribution in [0.4, 0.5) is 8.78 Å². The van der Waals surface area contributed by atoms with Gasteiger partial charge in [-0.2, -0.15) is 0 Å². The summed E-state index contributed by atoms with van der Waals surface area (Å²) in [6, 6.07) is 14.6. The molecule has 13 heteroatoms. The number of fused-ring (bicyclic) bond motifs is 5. The average Bonchev–Trinajstić information content (AvgIpc) is 3.55. The van der Waals surface area contributed by atoms with E-state index in [0.717, 1.165) is 11.1 Å². The van der Waals surface area contributed by atoms with Crippen molar-refractivity contribution in [3.8, 4) is 11.5 Å². The quantitative estimate of drug-likeness (QED) is 0.155. The Balaban J connectivity index is 1.65. The van der Waals surface area contributed by atoms with Crippen LogP contribution >= 0.6 is 0 Å². The van der Waals surface area contributed by atoms with Gasteiger partial charge in [0.15, 0.2) is 17.4 Å². The number of carboxylic acids is 1. The number of carbonyl (C=O) groups is 1. The third kappa shape index (κ3) is 8.05. The highest BCUT2D eigenvalue weighted by molar-refractivity contribution is 6.09. The molecular formula is C38H45F2N7O4. The van der Waals surface area contributed by atoms with Crippen LogP contribution in [0.3, 0.4) is 0 Å². The maximum atomic E-state index is 15.7. The van der Waals surface area contributed by atoms with E-state index in [2.05, 4.69) is 15.0 Å². The van der Waals surface area contributed by atoms with Gasteiger partial charge in [-0.3, -0.25) is 9.79 Å². The third-order valence-electron chi connectivity index (χ3n) is 9.42. The van der Waals surface area contributed by atoms with Crippen molar-refractivity contribution < 1.29 is 28.2 Å². The number of nitrogens with one attached hydrogen (secondary N) is 1. The Morgan fingerprint density at radius 3 is 2.61 bits per heavy atom. The summed E-state index contributed by atoms with van der Waals surface area (Å²) in [5.41, 5.74) is 14.4. The number of rotatable bonds is 4. The maximum Gasteiger partial charge on any atom is 0.306 e. The lowest BCUT2D eigenvalue weighted by Crippen LogP contribution is -2.40. The molecule has 2 atom stereocenters. The molecule has 0 amide bonds. The van der Waals surface area contributed by atoms with E-state index in [1.807, 2.05) is 45.0 Å². The Morgan fingerprint density at radius 1 is 1.12 bits per heavy atom. The molecule has 1 aliphatic heterocycles. The summed E-state index contributed by atoms with van der Waals surface area (Å²) < 4.78 is 43.7. The predicted molar refractivity (Wildman–Crippen MR) is 194 cm³/mol. The van der Waals surface area contributed by atoms with Gasteiger partial charge in [0.05, 0.1) is 29.1 Å². The van der Waals surface area contributed by atoms with Gasteiger partial charge >= 0.3 is 5.97 Å². The van der Waals surface area contributed by atoms with Crippen LogP contribution < -0.4 is 22.0 Å². The molecule has 0 saturated heterocycles. The number of aromatic amines is 1. The number of amidine groups is 2. The van der Waals surface area contributed by atoms with Crippen molar-refractivity contribution >= 4 is 28.5 Å². The van der Waals surface area contributed by atoms with Crippen LogP contribution in [0, 0.1) is 17.6 Å². The van der Waals surface area contributed by atoms with Crippen molar-refractivity contribution in [1.82, 2.24) is 9.99 Å². The van der Waals surface area contributed by atoms with Crippen molar-refractivity contribution in [1.29, 1.82) is 0 Å². The molecule has 2 bridgehead atoms. The summed E-state index contributed by atoms with van der Waals surface area (Å²) in [5.74, 6) is 3.83. The monoisotopic (exact) mass is 701 g/mol. The summed E-state index contributed by atoms with van der Waals surface area (Å²) in [6.07, 6.45) is 4.51. The van der Waals surface area contributed by atoms with Crippen LogP contribution in [0.2, 0.25) is 0 Å². The molecule has 3 aromatic carbocycles. The number of H-pyrrole nitrogens is 1. The van der Waals surface area contributed by atoms with Gasteiger partial charge in [-0.15, -0.1) is 0 Å². The molecule has 11 nitrogen and oxygen atoms in total. The number of nitrogens with two attached hydrogens (primary N) is 3. The fourth-order valence-electron chi connectivity index (χ4n) is 6.12. The maximum absolute atomic E-state index is 15.7. The van der Waals surface area contributed by atoms with Gasteiger partial charge in [0.25, 0.3) is 0 Å². The van der Waals surface area contributed by atoms with Crippen molar-refractivity contribution in [3.05, 3.63) is 107 Å². The lowest BCUT2D eigenvalue weighted by molar-refractivity contribution is -0.141. The number of nitrogens with zero attached hydrogens (tertiary/aromatic N) is 3. The first kappa shape index (κ1) is 37.0. The number of aliphatic carboxylic acids is 1. The van der Waals surface area contributed by atoms with Crippen molar-refractivity contribution in [3.63, 3.8) is 0 Å². The van der Waals surface area contributed by atoms with Crippen LogP contribution in [-0.4, -0.2) is 52.0 Å². The first-order valence-corrected chi connectivity index (χ1v) is 16.7. The third-order valence-corrected chi connectivity index (χ3v) is 9.42. The SMILES string of the molecule is CN=C1N=C(N)C(C)(c2cccc(CC(C)C(=O)O)c2)CCCOC(C)(C)/C(N)=C/N(N)Cc2c(c(F)cc3[nH]ccc23)Oc2ccc(F)c1c2. The van der Waals surface area contributed by atoms with Crippen LogP contribution in [0.25, 0.3) is 10.9 Å². The second kappa shape index (κ2) is 14.9. The van der Waals surface area contributed by atoms with E-state index >= 15 is 8.78 Å². The molecule has 2 unspecified atom stereocenters. The number of carboxylic acid groups (broad SMARTS) is 1. The zero-order chi connectivity index (χ0) is 37.1. The molecule has 8 N–H and O–H groups in total. The first-order valence-electron chi connectivity index (χ1n) is 16.7. The minimum Gasteiger partial charge on any atom is -0.481 e. The summed E-state index contributed by atoms with van der Waals surface area (Å²) in [7, 11) is 1.47. The highest BCUT2D eigenvalue weighted by atomic mass is 19.1. The molecule has 2 heterocycles. The Kier molecular flexibility index (Phi) is 10.8. The summed E-state index contributed by atoms with van der Waals surface area (Å²) in [6.45, 7) is 7.51. The van der Waals surface area contributed by atoms with E-state index in [1.54, 1.807) is 25.4 Å². The Bertz CT molecular complexity index is 2020. The molecule has 4 aromatic rings. The molecular weight excluding hydrogens is 656 g/mol. The second-order valence-electron chi connectivity index (χ2n) is 13.6. The highest BCUT2D eigenvalue weighted by Crippen LogP contribution is 2.37. The number of ether oxygens (including phenoxy) is 2. The van der Waals surface area contributed by atoms with E-state index in [-0.39, 0.29) is 41.9 Å². The summed E-state index contributed by atoms with van der Waals surface area (Å²) >= 11 is 0. The lowest BCUT2D eigenvalue weighted by atomic mass is 9.76. The molecule has 5 rings (SSSR count). The summed E-state index contributed by atoms with van der Waals surface area (Å²) in [4.78, 5) is 23.6.